The Hall–Kier alpha value is -6.77. The van der Waals surface area contributed by atoms with E-state index in [9.17, 15) is 4.39 Å². The van der Waals surface area contributed by atoms with Gasteiger partial charge in [-0.2, -0.15) is 0 Å². The number of hydrogen-bond acceptors (Lipinski definition) is 1. The van der Waals surface area contributed by atoms with E-state index in [1.165, 1.54) is 83.4 Å². The molecule has 9 aromatic rings. The summed E-state index contributed by atoms with van der Waals surface area (Å²) >= 11 is 0. The molecule has 0 spiro atoms. The normalized spacial score (nSPS) is 13.1. The highest BCUT2D eigenvalue weighted by atomic mass is 19.1. The third-order valence-electron chi connectivity index (χ3n) is 11.5. The van der Waals surface area contributed by atoms with Gasteiger partial charge in [0.15, 0.2) is 0 Å². The first-order chi connectivity index (χ1) is 27.0. The Kier molecular flexibility index (Phi) is 7.74. The predicted molar refractivity (Wildman–Crippen MR) is 232 cm³/mol. The van der Waals surface area contributed by atoms with Crippen molar-refractivity contribution in [3.63, 3.8) is 0 Å². The molecule has 1 aliphatic rings. The molecule has 10 rings (SSSR count). The van der Waals surface area contributed by atoms with Crippen molar-refractivity contribution in [2.24, 2.45) is 0 Å². The maximum atomic E-state index is 14.2. The summed E-state index contributed by atoms with van der Waals surface area (Å²) in [5.41, 5.74) is 12.8. The van der Waals surface area contributed by atoms with Crippen molar-refractivity contribution in [2.75, 3.05) is 4.90 Å². The molecule has 0 saturated carbocycles. The van der Waals surface area contributed by atoms with Crippen LogP contribution < -0.4 is 4.90 Å². The molecule has 0 saturated heterocycles. The van der Waals surface area contributed by atoms with Crippen molar-refractivity contribution in [3.8, 4) is 22.3 Å². The third-order valence-corrected chi connectivity index (χ3v) is 11.5. The first-order valence-electron chi connectivity index (χ1n) is 19.0. The highest BCUT2D eigenvalue weighted by Gasteiger charge is 2.35. The van der Waals surface area contributed by atoms with Gasteiger partial charge >= 0.3 is 0 Å². The van der Waals surface area contributed by atoms with Crippen LogP contribution in [0.2, 0.25) is 0 Å². The van der Waals surface area contributed by atoms with E-state index in [-0.39, 0.29) is 11.2 Å². The van der Waals surface area contributed by atoms with E-state index < -0.39 is 0 Å². The molecular formula is C53H38FN. The van der Waals surface area contributed by atoms with Crippen LogP contribution >= 0.6 is 0 Å². The average molecular weight is 708 g/mol. The van der Waals surface area contributed by atoms with Gasteiger partial charge in [-0.3, -0.25) is 0 Å². The zero-order valence-electron chi connectivity index (χ0n) is 30.8. The van der Waals surface area contributed by atoms with Gasteiger partial charge in [0, 0.05) is 22.5 Å². The second kappa shape index (κ2) is 13.0. The van der Waals surface area contributed by atoms with Gasteiger partial charge in [0.1, 0.15) is 5.82 Å². The zero-order valence-corrected chi connectivity index (χ0v) is 30.8. The summed E-state index contributed by atoms with van der Waals surface area (Å²) < 4.78 is 14.2. The van der Waals surface area contributed by atoms with Crippen LogP contribution in [0.15, 0.2) is 182 Å². The average Bonchev–Trinajstić information content (AvgIpc) is 3.46. The fourth-order valence-electron chi connectivity index (χ4n) is 8.86. The van der Waals surface area contributed by atoms with Gasteiger partial charge in [0.2, 0.25) is 0 Å². The zero-order chi connectivity index (χ0) is 37.1. The van der Waals surface area contributed by atoms with Crippen molar-refractivity contribution < 1.29 is 4.39 Å². The van der Waals surface area contributed by atoms with Crippen LogP contribution in [0.5, 0.6) is 0 Å². The largest absolute Gasteiger partial charge is 0.310 e. The summed E-state index contributed by atoms with van der Waals surface area (Å²) in [4.78, 5) is 2.22. The summed E-state index contributed by atoms with van der Waals surface area (Å²) in [5, 5.41) is 7.42. The van der Waals surface area contributed by atoms with Crippen molar-refractivity contribution in [2.45, 2.75) is 19.3 Å². The molecule has 0 N–H and O–H groups in total. The lowest BCUT2D eigenvalue weighted by molar-refractivity contribution is 0.628. The van der Waals surface area contributed by atoms with Crippen molar-refractivity contribution in [1.29, 1.82) is 0 Å². The van der Waals surface area contributed by atoms with Crippen LogP contribution in [0.3, 0.4) is 0 Å². The van der Waals surface area contributed by atoms with Crippen LogP contribution in [0.4, 0.5) is 21.5 Å². The molecule has 0 atom stereocenters. The van der Waals surface area contributed by atoms with E-state index in [1.54, 1.807) is 0 Å². The number of benzene rings is 9. The molecule has 262 valence electrons. The molecule has 0 aliphatic heterocycles. The summed E-state index contributed by atoms with van der Waals surface area (Å²) in [7, 11) is 0. The molecule has 0 amide bonds. The minimum atomic E-state index is -0.250. The van der Waals surface area contributed by atoms with Crippen LogP contribution in [-0.2, 0) is 5.41 Å². The second-order valence-corrected chi connectivity index (χ2v) is 15.0. The Morgan fingerprint density at radius 2 is 0.964 bits per heavy atom. The van der Waals surface area contributed by atoms with Crippen molar-refractivity contribution in [1.82, 2.24) is 0 Å². The number of hydrogen-bond donors (Lipinski definition) is 0. The molecule has 0 heterocycles. The lowest BCUT2D eigenvalue weighted by Gasteiger charge is -2.28. The van der Waals surface area contributed by atoms with E-state index in [4.69, 9.17) is 0 Å². The minimum absolute atomic E-state index is 0.132. The van der Waals surface area contributed by atoms with E-state index in [1.807, 2.05) is 12.1 Å². The van der Waals surface area contributed by atoms with Gasteiger partial charge in [-0.05, 0) is 125 Å². The number of halogens is 1. The summed E-state index contributed by atoms with van der Waals surface area (Å²) in [6.07, 6.45) is 4.48. The SMILES string of the molecule is CC1(C)c2ccccc2-c2ccc(N(c3ccc(F)cc3)c3ccc(/C=C/c4c5ccccc5c(-c5cccc6ccccc56)c5ccccc45)cc3)cc21. The molecule has 2 heteroatoms. The maximum absolute atomic E-state index is 14.2. The summed E-state index contributed by atoms with van der Waals surface area (Å²) in [6, 6.07) is 63.7. The molecule has 0 radical (unpaired) electrons. The topological polar surface area (TPSA) is 3.24 Å². The number of rotatable bonds is 6. The van der Waals surface area contributed by atoms with Crippen LogP contribution in [0, 0.1) is 5.82 Å². The molecule has 0 aromatic heterocycles. The molecular weight excluding hydrogens is 670 g/mol. The van der Waals surface area contributed by atoms with Crippen molar-refractivity contribution in [3.05, 3.63) is 210 Å². The molecule has 55 heavy (non-hydrogen) atoms. The Morgan fingerprint density at radius 1 is 0.436 bits per heavy atom. The summed E-state index contributed by atoms with van der Waals surface area (Å²) in [6.45, 7) is 4.60. The molecule has 1 nitrogen and oxygen atoms in total. The fraction of sp³-hybridized carbons (Fsp3) is 0.0566. The lowest BCUT2D eigenvalue weighted by Crippen LogP contribution is -2.16. The molecule has 0 unspecified atom stereocenters. The number of fused-ring (bicyclic) bond motifs is 6. The van der Waals surface area contributed by atoms with Gasteiger partial charge in [0.05, 0.1) is 0 Å². The maximum Gasteiger partial charge on any atom is 0.123 e. The monoisotopic (exact) mass is 707 g/mol. The molecule has 9 aromatic carbocycles. The third kappa shape index (κ3) is 5.44. The second-order valence-electron chi connectivity index (χ2n) is 15.0. The van der Waals surface area contributed by atoms with Gasteiger partial charge in [-0.1, -0.05) is 159 Å². The quantitative estimate of drug-likeness (QED) is 0.123. The number of anilines is 3. The van der Waals surface area contributed by atoms with Gasteiger partial charge < -0.3 is 4.90 Å². The van der Waals surface area contributed by atoms with Gasteiger partial charge in [-0.25, -0.2) is 4.39 Å². The van der Waals surface area contributed by atoms with Gasteiger partial charge in [-0.15, -0.1) is 0 Å². The lowest BCUT2D eigenvalue weighted by atomic mass is 9.82. The van der Waals surface area contributed by atoms with Crippen LogP contribution in [0.1, 0.15) is 36.1 Å². The fourth-order valence-corrected chi connectivity index (χ4v) is 8.86. The summed E-state index contributed by atoms with van der Waals surface area (Å²) in [5.74, 6) is -0.250. The minimum Gasteiger partial charge on any atom is -0.310 e. The van der Waals surface area contributed by atoms with E-state index in [0.29, 0.717) is 0 Å². The first kappa shape index (κ1) is 32.8. The first-order valence-corrected chi connectivity index (χ1v) is 19.0. The van der Waals surface area contributed by atoms with Crippen molar-refractivity contribution >= 4 is 61.5 Å². The smallest absolute Gasteiger partial charge is 0.123 e. The molecule has 1 aliphatic carbocycles. The Morgan fingerprint density at radius 3 is 1.67 bits per heavy atom. The number of nitrogens with zero attached hydrogens (tertiary/aromatic N) is 1. The van der Waals surface area contributed by atoms with Gasteiger partial charge in [0.25, 0.3) is 0 Å². The van der Waals surface area contributed by atoms with Crippen LogP contribution in [-0.4, -0.2) is 0 Å². The molecule has 0 fully saturated rings. The Labute approximate surface area is 321 Å². The highest BCUT2D eigenvalue weighted by Crippen LogP contribution is 2.50. The highest BCUT2D eigenvalue weighted by molar-refractivity contribution is 6.20. The van der Waals surface area contributed by atoms with Crippen LogP contribution in [0.25, 0.3) is 66.7 Å². The Balaban J connectivity index is 1.06. The Bertz CT molecular complexity index is 2890. The standard InChI is InChI=1S/C53H38FN/c1-53(2)50-21-10-9-17-45(50)46-33-31-40(34-51(46)53)55(39-29-25-37(54)26-30-39)38-27-22-35(23-28-38)24-32-44-42-15-5-7-18-48(42)52(49-19-8-6-16-43(44)49)47-20-11-13-36-12-3-4-14-41(36)47/h3-34H,1-2H3/b32-24+. The molecule has 0 bridgehead atoms. The predicted octanol–water partition coefficient (Wildman–Crippen LogP) is 14.9. The van der Waals surface area contributed by atoms with E-state index >= 15 is 0 Å². The van der Waals surface area contributed by atoms with E-state index in [2.05, 4.69) is 189 Å². The van der Waals surface area contributed by atoms with E-state index in [0.717, 1.165) is 22.6 Å².